The second-order valence-corrected chi connectivity index (χ2v) is 9.16. The van der Waals surface area contributed by atoms with Gasteiger partial charge in [-0.2, -0.15) is 22.7 Å². The Morgan fingerprint density at radius 3 is 2.32 bits per heavy atom. The highest BCUT2D eigenvalue weighted by Crippen LogP contribution is 2.34. The summed E-state index contributed by atoms with van der Waals surface area (Å²) in [6.45, 7) is 2.08. The molecule has 0 unspecified atom stereocenters. The maximum absolute atomic E-state index is 13.3. The van der Waals surface area contributed by atoms with Crippen LogP contribution in [0.3, 0.4) is 0 Å². The molecule has 0 amide bonds. The van der Waals surface area contributed by atoms with E-state index in [9.17, 15) is 21.6 Å². The maximum Gasteiger partial charge on any atom is 0.417 e. The summed E-state index contributed by atoms with van der Waals surface area (Å²) in [4.78, 5) is 3.49. The van der Waals surface area contributed by atoms with Crippen LogP contribution in [0.15, 0.2) is 23.1 Å². The predicted molar refractivity (Wildman–Crippen MR) is 99.1 cm³/mol. The molecule has 156 valence electrons. The van der Waals surface area contributed by atoms with Crippen LogP contribution in [0.4, 0.5) is 13.2 Å². The van der Waals surface area contributed by atoms with Crippen molar-refractivity contribution in [1.29, 1.82) is 5.26 Å². The molecule has 0 radical (unpaired) electrons. The van der Waals surface area contributed by atoms with Crippen LogP contribution in [-0.4, -0.2) is 75.9 Å². The molecule has 1 heterocycles. The van der Waals surface area contributed by atoms with Crippen LogP contribution in [0.1, 0.15) is 24.0 Å². The Kier molecular flexibility index (Phi) is 7.09. The molecule has 10 heteroatoms. The second kappa shape index (κ2) is 8.78. The number of likely N-dealkylation sites (tertiary alicyclic amines) is 1. The smallest absolute Gasteiger partial charge is 0.308 e. The zero-order valence-electron chi connectivity index (χ0n) is 16.2. The van der Waals surface area contributed by atoms with Gasteiger partial charge in [0.05, 0.1) is 22.1 Å². The van der Waals surface area contributed by atoms with E-state index in [4.69, 9.17) is 5.26 Å². The minimum atomic E-state index is -4.81. The number of rotatable bonds is 6. The standard InChI is InChI=1S/C18H25F3N4O2S/c1-23(2)10-11-25(15-6-8-24(3)9-7-15)28(26,27)16-5-4-14(13-22)17(12-16)18(19,20)21/h4-5,12,15H,6-11H2,1-3H3. The van der Waals surface area contributed by atoms with E-state index < -0.39 is 32.2 Å². The number of sulfonamides is 1. The van der Waals surface area contributed by atoms with Gasteiger partial charge in [-0.05, 0) is 65.3 Å². The van der Waals surface area contributed by atoms with Crippen LogP contribution in [-0.2, 0) is 16.2 Å². The molecule has 0 aliphatic carbocycles. The summed E-state index contributed by atoms with van der Waals surface area (Å²) in [6, 6.07) is 3.79. The van der Waals surface area contributed by atoms with Crippen molar-refractivity contribution in [3.05, 3.63) is 29.3 Å². The summed E-state index contributed by atoms with van der Waals surface area (Å²) < 4.78 is 67.7. The highest BCUT2D eigenvalue weighted by Gasteiger charge is 2.37. The summed E-state index contributed by atoms with van der Waals surface area (Å²) in [6.07, 6.45) is -3.57. The quantitative estimate of drug-likeness (QED) is 0.709. The predicted octanol–water partition coefficient (Wildman–Crippen LogP) is 2.22. The van der Waals surface area contributed by atoms with Crippen LogP contribution < -0.4 is 0 Å². The molecule has 1 aliphatic heterocycles. The van der Waals surface area contributed by atoms with Crippen molar-refractivity contribution in [2.24, 2.45) is 0 Å². The minimum Gasteiger partial charge on any atom is -0.308 e. The minimum absolute atomic E-state index is 0.186. The molecule has 0 aromatic heterocycles. The Hall–Kier alpha value is -1.67. The fourth-order valence-electron chi connectivity index (χ4n) is 3.23. The number of likely N-dealkylation sites (N-methyl/N-ethyl adjacent to an activating group) is 1. The van der Waals surface area contributed by atoms with E-state index in [-0.39, 0.29) is 12.6 Å². The van der Waals surface area contributed by atoms with Gasteiger partial charge in [-0.25, -0.2) is 8.42 Å². The molecule has 1 aromatic rings. The van der Waals surface area contributed by atoms with Gasteiger partial charge in [0.2, 0.25) is 10.0 Å². The first-order valence-corrected chi connectivity index (χ1v) is 10.4. The fraction of sp³-hybridized carbons (Fsp3) is 0.611. The third kappa shape index (κ3) is 5.23. The Labute approximate surface area is 164 Å². The molecule has 0 atom stereocenters. The van der Waals surface area contributed by atoms with Crippen LogP contribution in [0.5, 0.6) is 0 Å². The maximum atomic E-state index is 13.3. The Morgan fingerprint density at radius 1 is 1.21 bits per heavy atom. The molecular weight excluding hydrogens is 393 g/mol. The van der Waals surface area contributed by atoms with Gasteiger partial charge in [-0.3, -0.25) is 0 Å². The van der Waals surface area contributed by atoms with Gasteiger partial charge in [0.1, 0.15) is 0 Å². The number of alkyl halides is 3. The van der Waals surface area contributed by atoms with E-state index in [2.05, 4.69) is 4.90 Å². The Balaban J connectivity index is 2.45. The van der Waals surface area contributed by atoms with Crippen LogP contribution >= 0.6 is 0 Å². The van der Waals surface area contributed by atoms with E-state index in [1.54, 1.807) is 0 Å². The molecule has 6 nitrogen and oxygen atoms in total. The lowest BCUT2D eigenvalue weighted by atomic mass is 10.1. The molecule has 0 N–H and O–H groups in total. The first-order chi connectivity index (χ1) is 13.0. The number of hydrogen-bond donors (Lipinski definition) is 0. The number of hydrogen-bond acceptors (Lipinski definition) is 5. The van der Waals surface area contributed by atoms with Gasteiger partial charge >= 0.3 is 6.18 Å². The lowest BCUT2D eigenvalue weighted by molar-refractivity contribution is -0.137. The van der Waals surface area contributed by atoms with Crippen molar-refractivity contribution < 1.29 is 21.6 Å². The third-order valence-corrected chi connectivity index (χ3v) is 6.83. The second-order valence-electron chi connectivity index (χ2n) is 7.27. The fourth-order valence-corrected chi connectivity index (χ4v) is 4.93. The topological polar surface area (TPSA) is 67.7 Å². The lowest BCUT2D eigenvalue weighted by Gasteiger charge is -2.37. The molecule has 1 saturated heterocycles. The number of nitriles is 1. The molecule has 28 heavy (non-hydrogen) atoms. The summed E-state index contributed by atoms with van der Waals surface area (Å²) in [5.74, 6) is 0. The lowest BCUT2D eigenvalue weighted by Crippen LogP contribution is -2.48. The van der Waals surface area contributed by atoms with E-state index in [0.29, 0.717) is 25.5 Å². The summed E-state index contributed by atoms with van der Waals surface area (Å²) >= 11 is 0. The molecule has 0 spiro atoms. The monoisotopic (exact) mass is 418 g/mol. The zero-order valence-corrected chi connectivity index (χ0v) is 17.0. The Bertz CT molecular complexity index is 826. The van der Waals surface area contributed by atoms with Crippen LogP contribution in [0, 0.1) is 11.3 Å². The summed E-state index contributed by atoms with van der Waals surface area (Å²) in [7, 11) is 1.42. The largest absolute Gasteiger partial charge is 0.417 e. The zero-order chi connectivity index (χ0) is 21.1. The molecular formula is C18H25F3N4O2S. The highest BCUT2D eigenvalue weighted by molar-refractivity contribution is 7.89. The number of nitrogens with zero attached hydrogens (tertiary/aromatic N) is 4. The van der Waals surface area contributed by atoms with Crippen molar-refractivity contribution in [1.82, 2.24) is 14.1 Å². The summed E-state index contributed by atoms with van der Waals surface area (Å²) in [5, 5.41) is 8.94. The average Bonchev–Trinajstić information content (AvgIpc) is 2.61. The van der Waals surface area contributed by atoms with Gasteiger partial charge in [0, 0.05) is 19.1 Å². The van der Waals surface area contributed by atoms with Crippen LogP contribution in [0.25, 0.3) is 0 Å². The van der Waals surface area contributed by atoms with Gasteiger partial charge < -0.3 is 9.80 Å². The highest BCUT2D eigenvalue weighted by atomic mass is 32.2. The normalized spacial score (nSPS) is 17.2. The van der Waals surface area contributed by atoms with E-state index in [1.165, 1.54) is 10.4 Å². The molecule has 1 aliphatic rings. The Morgan fingerprint density at radius 2 is 1.82 bits per heavy atom. The van der Waals surface area contributed by atoms with Crippen molar-refractivity contribution in [3.8, 4) is 6.07 Å². The molecule has 1 aromatic carbocycles. The van der Waals surface area contributed by atoms with Crippen molar-refractivity contribution >= 4 is 10.0 Å². The molecule has 2 rings (SSSR count). The molecule has 0 saturated carbocycles. The van der Waals surface area contributed by atoms with Crippen molar-refractivity contribution in [2.75, 3.05) is 47.3 Å². The van der Waals surface area contributed by atoms with Gasteiger partial charge in [-0.15, -0.1) is 0 Å². The van der Waals surface area contributed by atoms with Gasteiger partial charge in [-0.1, -0.05) is 0 Å². The van der Waals surface area contributed by atoms with Crippen molar-refractivity contribution in [3.63, 3.8) is 0 Å². The summed E-state index contributed by atoms with van der Waals surface area (Å²) in [5.41, 5.74) is -1.82. The number of piperidine rings is 1. The molecule has 1 fully saturated rings. The molecule has 0 bridgehead atoms. The van der Waals surface area contributed by atoms with E-state index in [0.717, 1.165) is 25.2 Å². The first-order valence-electron chi connectivity index (χ1n) is 8.93. The van der Waals surface area contributed by atoms with Gasteiger partial charge in [0.25, 0.3) is 0 Å². The number of benzene rings is 1. The third-order valence-electron chi connectivity index (χ3n) is 4.89. The average molecular weight is 418 g/mol. The van der Waals surface area contributed by atoms with Crippen LogP contribution in [0.2, 0.25) is 0 Å². The first kappa shape index (κ1) is 22.6. The SMILES string of the molecule is CN(C)CCN(C1CCN(C)CC1)S(=O)(=O)c1ccc(C#N)c(C(F)(F)F)c1. The number of halogens is 3. The van der Waals surface area contributed by atoms with E-state index in [1.807, 2.05) is 26.0 Å². The van der Waals surface area contributed by atoms with Gasteiger partial charge in [0.15, 0.2) is 0 Å². The van der Waals surface area contributed by atoms with E-state index >= 15 is 0 Å². The van der Waals surface area contributed by atoms with Crippen molar-refractivity contribution in [2.45, 2.75) is 30.0 Å².